The van der Waals surface area contributed by atoms with Crippen LogP contribution in [0.1, 0.15) is 26.3 Å². The molecule has 1 aromatic heterocycles. The van der Waals surface area contributed by atoms with Crippen LogP contribution in [0.15, 0.2) is 36.4 Å². The van der Waals surface area contributed by atoms with Gasteiger partial charge in [0.2, 0.25) is 5.91 Å². The van der Waals surface area contributed by atoms with Gasteiger partial charge in [-0.05, 0) is 45.0 Å². The molecule has 122 valence electrons. The average Bonchev–Trinajstić information content (AvgIpc) is 2.59. The minimum Gasteiger partial charge on any atom is -0.341 e. The first-order valence-corrected chi connectivity index (χ1v) is 8.01. The van der Waals surface area contributed by atoms with E-state index in [9.17, 15) is 4.79 Å². The van der Waals surface area contributed by atoms with Gasteiger partial charge in [0.05, 0.1) is 23.0 Å². The maximum Gasteiger partial charge on any atom is 0.249 e. The number of rotatable bonds is 2. The number of anilines is 2. The summed E-state index contributed by atoms with van der Waals surface area (Å²) in [5.41, 5.74) is 3.11. The van der Waals surface area contributed by atoms with Crippen molar-refractivity contribution < 1.29 is 4.79 Å². The summed E-state index contributed by atoms with van der Waals surface area (Å²) in [4.78, 5) is 21.0. The molecule has 1 amide bonds. The van der Waals surface area contributed by atoms with Crippen LogP contribution in [-0.2, 0) is 4.79 Å². The molecule has 2 heterocycles. The Hall–Kier alpha value is -2.87. The normalized spacial score (nSPS) is 17.0. The van der Waals surface area contributed by atoms with Crippen molar-refractivity contribution in [2.75, 3.05) is 16.8 Å². The SMILES string of the molecule is CC(C)N1c2nc(-c3cccc(C#N)c3)ccc2N(C)C(=O)[C@H]1C. The summed E-state index contributed by atoms with van der Waals surface area (Å²) in [5, 5.41) is 9.09. The van der Waals surface area contributed by atoms with Crippen molar-refractivity contribution in [1.29, 1.82) is 5.26 Å². The third-order valence-electron chi connectivity index (χ3n) is 4.41. The third kappa shape index (κ3) is 2.50. The molecule has 0 bridgehead atoms. The van der Waals surface area contributed by atoms with E-state index in [4.69, 9.17) is 10.2 Å². The van der Waals surface area contributed by atoms with Gasteiger partial charge in [0.25, 0.3) is 0 Å². The van der Waals surface area contributed by atoms with Crippen molar-refractivity contribution in [1.82, 2.24) is 4.98 Å². The largest absolute Gasteiger partial charge is 0.341 e. The number of hydrogen-bond acceptors (Lipinski definition) is 4. The molecule has 1 aliphatic heterocycles. The van der Waals surface area contributed by atoms with Crippen molar-refractivity contribution in [2.45, 2.75) is 32.9 Å². The summed E-state index contributed by atoms with van der Waals surface area (Å²) in [5.74, 6) is 0.872. The highest BCUT2D eigenvalue weighted by Gasteiger charge is 2.36. The number of pyridine rings is 1. The molecular weight excluding hydrogens is 300 g/mol. The molecule has 0 spiro atoms. The fourth-order valence-electron chi connectivity index (χ4n) is 3.19. The Morgan fingerprint density at radius 2 is 2.00 bits per heavy atom. The predicted molar refractivity (Wildman–Crippen MR) is 94.9 cm³/mol. The maximum absolute atomic E-state index is 12.5. The van der Waals surface area contributed by atoms with E-state index >= 15 is 0 Å². The summed E-state index contributed by atoms with van der Waals surface area (Å²) in [6.45, 7) is 6.03. The zero-order valence-corrected chi connectivity index (χ0v) is 14.3. The number of hydrogen-bond donors (Lipinski definition) is 0. The van der Waals surface area contributed by atoms with Gasteiger partial charge in [0.1, 0.15) is 6.04 Å². The lowest BCUT2D eigenvalue weighted by molar-refractivity contribution is -0.119. The number of carbonyl (C=O) groups excluding carboxylic acids is 1. The van der Waals surface area contributed by atoms with Gasteiger partial charge in [0.15, 0.2) is 5.82 Å². The van der Waals surface area contributed by atoms with Gasteiger partial charge in [-0.1, -0.05) is 12.1 Å². The average molecular weight is 320 g/mol. The molecule has 1 atom stereocenters. The van der Waals surface area contributed by atoms with Gasteiger partial charge in [-0.15, -0.1) is 0 Å². The minimum absolute atomic E-state index is 0.0669. The Bertz CT molecular complexity index is 838. The van der Waals surface area contributed by atoms with Gasteiger partial charge in [-0.2, -0.15) is 5.26 Å². The van der Waals surface area contributed by atoms with E-state index in [1.54, 1.807) is 18.0 Å². The highest BCUT2D eigenvalue weighted by atomic mass is 16.2. The van der Waals surface area contributed by atoms with Gasteiger partial charge in [0, 0.05) is 18.7 Å². The minimum atomic E-state index is -0.254. The zero-order chi connectivity index (χ0) is 17.4. The number of nitrogens with zero attached hydrogens (tertiary/aromatic N) is 4. The van der Waals surface area contributed by atoms with Gasteiger partial charge in [-0.3, -0.25) is 4.79 Å². The first-order valence-electron chi connectivity index (χ1n) is 8.01. The van der Waals surface area contributed by atoms with Crippen molar-refractivity contribution in [2.24, 2.45) is 0 Å². The molecule has 3 rings (SSSR count). The van der Waals surface area contributed by atoms with Crippen LogP contribution >= 0.6 is 0 Å². The second-order valence-corrected chi connectivity index (χ2v) is 6.31. The third-order valence-corrected chi connectivity index (χ3v) is 4.41. The van der Waals surface area contributed by atoms with E-state index in [0.717, 1.165) is 22.8 Å². The zero-order valence-electron chi connectivity index (χ0n) is 14.3. The molecule has 0 saturated heterocycles. The Kier molecular flexibility index (Phi) is 3.98. The molecule has 5 heteroatoms. The van der Waals surface area contributed by atoms with Crippen LogP contribution in [-0.4, -0.2) is 30.0 Å². The molecule has 5 nitrogen and oxygen atoms in total. The molecule has 1 aliphatic rings. The molecular formula is C19H20N4O. The topological polar surface area (TPSA) is 60.2 Å². The molecule has 0 aliphatic carbocycles. The highest BCUT2D eigenvalue weighted by Crippen LogP contribution is 2.36. The monoisotopic (exact) mass is 320 g/mol. The van der Waals surface area contributed by atoms with E-state index in [1.807, 2.05) is 37.3 Å². The molecule has 2 aromatic rings. The molecule has 0 saturated carbocycles. The summed E-state index contributed by atoms with van der Waals surface area (Å²) in [7, 11) is 1.78. The van der Waals surface area contributed by atoms with Crippen molar-refractivity contribution in [3.63, 3.8) is 0 Å². The summed E-state index contributed by atoms with van der Waals surface area (Å²) in [6, 6.07) is 13.3. The smallest absolute Gasteiger partial charge is 0.249 e. The summed E-state index contributed by atoms with van der Waals surface area (Å²) < 4.78 is 0. The van der Waals surface area contributed by atoms with Crippen LogP contribution in [0.2, 0.25) is 0 Å². The second kappa shape index (κ2) is 5.97. The number of likely N-dealkylation sites (N-methyl/N-ethyl adjacent to an activating group) is 1. The maximum atomic E-state index is 12.5. The lowest BCUT2D eigenvalue weighted by atomic mass is 10.1. The van der Waals surface area contributed by atoms with Crippen LogP contribution in [0.4, 0.5) is 11.5 Å². The number of nitriles is 1. The van der Waals surface area contributed by atoms with Gasteiger partial charge < -0.3 is 9.80 Å². The lowest BCUT2D eigenvalue weighted by Crippen LogP contribution is -2.53. The number of carbonyl (C=O) groups is 1. The highest BCUT2D eigenvalue weighted by molar-refractivity contribution is 6.04. The van der Waals surface area contributed by atoms with E-state index < -0.39 is 0 Å². The van der Waals surface area contributed by atoms with E-state index in [0.29, 0.717) is 5.56 Å². The van der Waals surface area contributed by atoms with Crippen LogP contribution in [0.25, 0.3) is 11.3 Å². The Morgan fingerprint density at radius 1 is 1.25 bits per heavy atom. The van der Waals surface area contributed by atoms with E-state index in [-0.39, 0.29) is 18.0 Å². The first-order chi connectivity index (χ1) is 11.4. The first kappa shape index (κ1) is 16.0. The molecule has 0 fully saturated rings. The fourth-order valence-corrected chi connectivity index (χ4v) is 3.19. The van der Waals surface area contributed by atoms with Gasteiger partial charge >= 0.3 is 0 Å². The van der Waals surface area contributed by atoms with Crippen molar-refractivity contribution in [3.05, 3.63) is 42.0 Å². The second-order valence-electron chi connectivity index (χ2n) is 6.31. The number of benzene rings is 1. The summed E-state index contributed by atoms with van der Waals surface area (Å²) >= 11 is 0. The molecule has 1 aromatic carbocycles. The molecule has 0 N–H and O–H groups in total. The Morgan fingerprint density at radius 3 is 2.67 bits per heavy atom. The Labute approximate surface area is 142 Å². The lowest BCUT2D eigenvalue weighted by Gasteiger charge is -2.41. The van der Waals surface area contributed by atoms with Crippen LogP contribution in [0, 0.1) is 11.3 Å². The summed E-state index contributed by atoms with van der Waals surface area (Å²) in [6.07, 6.45) is 0. The van der Waals surface area contributed by atoms with Gasteiger partial charge in [-0.25, -0.2) is 4.98 Å². The van der Waals surface area contributed by atoms with Crippen LogP contribution in [0.5, 0.6) is 0 Å². The molecule has 0 unspecified atom stereocenters. The molecule has 0 radical (unpaired) electrons. The van der Waals surface area contributed by atoms with E-state index in [2.05, 4.69) is 24.8 Å². The van der Waals surface area contributed by atoms with Crippen LogP contribution in [0.3, 0.4) is 0 Å². The number of amides is 1. The number of aromatic nitrogens is 1. The van der Waals surface area contributed by atoms with Crippen molar-refractivity contribution in [3.8, 4) is 17.3 Å². The van der Waals surface area contributed by atoms with Crippen molar-refractivity contribution >= 4 is 17.4 Å². The quantitative estimate of drug-likeness (QED) is 0.852. The standard InChI is InChI=1S/C19H20N4O/c1-12(2)23-13(3)19(24)22(4)17-9-8-16(21-18(17)23)15-7-5-6-14(10-15)11-20/h5-10,12-13H,1-4H3/t13-/m1/s1. The fraction of sp³-hybridized carbons (Fsp3) is 0.316. The van der Waals surface area contributed by atoms with E-state index in [1.165, 1.54) is 0 Å². The Balaban J connectivity index is 2.15. The number of fused-ring (bicyclic) bond motifs is 1. The predicted octanol–water partition coefficient (Wildman–Crippen LogP) is 3.20. The molecule has 24 heavy (non-hydrogen) atoms. The van der Waals surface area contributed by atoms with Crippen LogP contribution < -0.4 is 9.80 Å².